The van der Waals surface area contributed by atoms with E-state index in [-0.39, 0.29) is 29.7 Å². The molecule has 0 radical (unpaired) electrons. The molecule has 23 heavy (non-hydrogen) atoms. The second kappa shape index (κ2) is 6.40. The van der Waals surface area contributed by atoms with Crippen molar-refractivity contribution in [2.45, 2.75) is 45.1 Å². The zero-order valence-electron chi connectivity index (χ0n) is 13.2. The number of carbonyl (C=O) groups is 2. The van der Waals surface area contributed by atoms with Crippen LogP contribution in [0.4, 0.5) is 0 Å². The number of hydrogen-bond acceptors (Lipinski definition) is 2. The van der Waals surface area contributed by atoms with E-state index in [0.717, 1.165) is 48.4 Å². The van der Waals surface area contributed by atoms with Gasteiger partial charge in [-0.25, -0.2) is 0 Å². The molecule has 5 nitrogen and oxygen atoms in total. The van der Waals surface area contributed by atoms with Crippen molar-refractivity contribution < 1.29 is 9.59 Å². The Morgan fingerprint density at radius 3 is 2.83 bits per heavy atom. The van der Waals surface area contributed by atoms with Gasteiger partial charge in [0.15, 0.2) is 0 Å². The van der Waals surface area contributed by atoms with Gasteiger partial charge in [0.2, 0.25) is 5.91 Å². The molecule has 3 atom stereocenters. The van der Waals surface area contributed by atoms with Crippen LogP contribution < -0.4 is 11.1 Å². The molecule has 0 bridgehead atoms. The molecule has 2 aliphatic rings. The van der Waals surface area contributed by atoms with E-state index in [1.807, 2.05) is 12.1 Å². The Morgan fingerprint density at radius 2 is 2.13 bits per heavy atom. The fraction of sp³-hybridized carbons (Fsp3) is 0.529. The van der Waals surface area contributed by atoms with Gasteiger partial charge in [-0.05, 0) is 55.7 Å². The van der Waals surface area contributed by atoms with Crippen molar-refractivity contribution in [3.05, 3.63) is 28.0 Å². The lowest BCUT2D eigenvalue weighted by molar-refractivity contribution is -0.123. The average molecular weight is 336 g/mol. The van der Waals surface area contributed by atoms with Crippen LogP contribution in [0.5, 0.6) is 0 Å². The number of nitrogens with one attached hydrogen (secondary N) is 2. The first kappa shape index (κ1) is 16.1. The number of halogens is 1. The highest BCUT2D eigenvalue weighted by atomic mass is 35.5. The Morgan fingerprint density at radius 1 is 1.35 bits per heavy atom. The van der Waals surface area contributed by atoms with Gasteiger partial charge in [-0.2, -0.15) is 0 Å². The zero-order chi connectivity index (χ0) is 16.6. The van der Waals surface area contributed by atoms with Crippen LogP contribution in [0.3, 0.4) is 0 Å². The van der Waals surface area contributed by atoms with Gasteiger partial charge >= 0.3 is 0 Å². The van der Waals surface area contributed by atoms with Crippen LogP contribution in [0.2, 0.25) is 0 Å². The molecule has 2 amide bonds. The summed E-state index contributed by atoms with van der Waals surface area (Å²) in [6.07, 6.45) is 5.81. The second-order valence-electron chi connectivity index (χ2n) is 6.68. The molecular formula is C17H22ClN3O2. The topological polar surface area (TPSA) is 88.0 Å². The minimum Gasteiger partial charge on any atom is -0.369 e. The predicted molar refractivity (Wildman–Crippen MR) is 89.9 cm³/mol. The maximum absolute atomic E-state index is 12.5. The third-order valence-electron chi connectivity index (χ3n) is 4.99. The van der Waals surface area contributed by atoms with Crippen molar-refractivity contribution in [1.82, 2.24) is 10.3 Å². The third-order valence-corrected chi connectivity index (χ3v) is 5.29. The molecule has 6 heteroatoms. The molecule has 2 aliphatic carbocycles. The molecular weight excluding hydrogens is 314 g/mol. The molecule has 0 saturated heterocycles. The molecule has 0 aliphatic heterocycles. The van der Waals surface area contributed by atoms with E-state index in [1.54, 1.807) is 0 Å². The highest BCUT2D eigenvalue weighted by Gasteiger charge is 2.31. The molecule has 124 valence electrons. The van der Waals surface area contributed by atoms with E-state index in [2.05, 4.69) is 17.2 Å². The highest BCUT2D eigenvalue weighted by molar-refractivity contribution is 6.31. The number of hydrogen-bond donors (Lipinski definition) is 3. The molecule has 0 unspecified atom stereocenters. The lowest BCUT2D eigenvalue weighted by Gasteiger charge is -2.33. The van der Waals surface area contributed by atoms with Crippen molar-refractivity contribution in [1.29, 1.82) is 0 Å². The first-order chi connectivity index (χ1) is 10.9. The van der Waals surface area contributed by atoms with Crippen molar-refractivity contribution >= 4 is 29.5 Å². The van der Waals surface area contributed by atoms with Gasteiger partial charge < -0.3 is 16.0 Å². The maximum Gasteiger partial charge on any atom is 0.267 e. The number of fused-ring (bicyclic) bond motifs is 1. The largest absolute Gasteiger partial charge is 0.369 e. The standard InChI is InChI=1S/C17H22ClN3O2/c1-9-6-10(16(19)22)2-4-13(9)21-17(23)15-8-11-7-12(18)3-5-14(11)20-15/h7-10,13,20H,2-6H2,1H3,(H2,19,22)(H,21,23)/t9-,10+,13+/m1/s1. The first-order valence-corrected chi connectivity index (χ1v) is 8.50. The summed E-state index contributed by atoms with van der Waals surface area (Å²) in [5.74, 6) is -0.159. The summed E-state index contributed by atoms with van der Waals surface area (Å²) in [6.45, 7) is 2.06. The van der Waals surface area contributed by atoms with E-state index in [9.17, 15) is 9.59 Å². The summed E-state index contributed by atoms with van der Waals surface area (Å²) < 4.78 is 0. The molecule has 1 fully saturated rings. The zero-order valence-corrected chi connectivity index (χ0v) is 14.0. The second-order valence-corrected chi connectivity index (χ2v) is 7.16. The van der Waals surface area contributed by atoms with Crippen LogP contribution in [0, 0.1) is 11.8 Å². The number of rotatable bonds is 3. The molecule has 1 heterocycles. The van der Waals surface area contributed by atoms with E-state index in [0.29, 0.717) is 5.69 Å². The Kier molecular flexibility index (Phi) is 4.48. The van der Waals surface area contributed by atoms with Crippen molar-refractivity contribution in [2.75, 3.05) is 0 Å². The summed E-state index contributed by atoms with van der Waals surface area (Å²) >= 11 is 6.06. The molecule has 0 spiro atoms. The van der Waals surface area contributed by atoms with Gasteiger partial charge in [-0.15, -0.1) is 0 Å². The van der Waals surface area contributed by atoms with Crippen molar-refractivity contribution in [3.63, 3.8) is 0 Å². The minimum atomic E-state index is -0.234. The first-order valence-electron chi connectivity index (χ1n) is 8.12. The van der Waals surface area contributed by atoms with Crippen LogP contribution in [0.15, 0.2) is 11.1 Å². The van der Waals surface area contributed by atoms with Crippen LogP contribution >= 0.6 is 11.6 Å². The fourth-order valence-electron chi connectivity index (χ4n) is 3.57. The number of aryl methyl sites for hydroxylation is 1. The number of primary amides is 1. The van der Waals surface area contributed by atoms with Gasteiger partial charge in [-0.3, -0.25) is 9.59 Å². The van der Waals surface area contributed by atoms with E-state index >= 15 is 0 Å². The number of aromatic amines is 1. The average Bonchev–Trinajstić information content (AvgIpc) is 2.92. The summed E-state index contributed by atoms with van der Waals surface area (Å²) in [6, 6.07) is 1.93. The van der Waals surface area contributed by atoms with E-state index in [4.69, 9.17) is 17.3 Å². The van der Waals surface area contributed by atoms with Crippen LogP contribution in [-0.2, 0) is 11.2 Å². The molecule has 1 aromatic rings. The maximum atomic E-state index is 12.5. The molecule has 1 saturated carbocycles. The SMILES string of the molecule is C[C@@H]1C[C@@H](C(N)=O)CC[C@@H]1NC(=O)c1cc2c([nH]1)CCC(Cl)=C2. The van der Waals surface area contributed by atoms with Crippen LogP contribution in [-0.4, -0.2) is 22.8 Å². The fourth-order valence-corrected chi connectivity index (χ4v) is 3.78. The molecule has 1 aromatic heterocycles. The summed E-state index contributed by atoms with van der Waals surface area (Å²) in [5.41, 5.74) is 8.02. The Bertz CT molecular complexity index is 665. The van der Waals surface area contributed by atoms with Gasteiger partial charge in [0.25, 0.3) is 5.91 Å². The normalized spacial score (nSPS) is 27.0. The number of allylic oxidation sites excluding steroid dienone is 1. The molecule has 3 rings (SSSR count). The number of nitrogens with two attached hydrogens (primary N) is 1. The lowest BCUT2D eigenvalue weighted by Crippen LogP contribution is -2.44. The number of amides is 2. The number of aromatic nitrogens is 1. The van der Waals surface area contributed by atoms with Crippen molar-refractivity contribution in [2.24, 2.45) is 17.6 Å². The number of H-pyrrole nitrogens is 1. The summed E-state index contributed by atoms with van der Waals surface area (Å²) in [7, 11) is 0. The van der Waals surface area contributed by atoms with Gasteiger partial charge in [-0.1, -0.05) is 18.5 Å². The summed E-state index contributed by atoms with van der Waals surface area (Å²) in [4.78, 5) is 27.0. The minimum absolute atomic E-state index is 0.0665. The van der Waals surface area contributed by atoms with Crippen LogP contribution in [0.1, 0.15) is 54.4 Å². The third kappa shape index (κ3) is 3.44. The molecule has 4 N–H and O–H groups in total. The van der Waals surface area contributed by atoms with Crippen molar-refractivity contribution in [3.8, 4) is 0 Å². The Balaban J connectivity index is 1.65. The Hall–Kier alpha value is -1.75. The van der Waals surface area contributed by atoms with Gasteiger partial charge in [0.1, 0.15) is 5.69 Å². The number of carbonyl (C=O) groups excluding carboxylic acids is 2. The monoisotopic (exact) mass is 335 g/mol. The van der Waals surface area contributed by atoms with Crippen LogP contribution in [0.25, 0.3) is 6.08 Å². The Labute approximate surface area is 140 Å². The van der Waals surface area contributed by atoms with Gasteiger partial charge in [0.05, 0.1) is 0 Å². The van der Waals surface area contributed by atoms with E-state index in [1.165, 1.54) is 0 Å². The summed E-state index contributed by atoms with van der Waals surface area (Å²) in [5, 5.41) is 3.91. The predicted octanol–water partition coefficient (Wildman–Crippen LogP) is 2.56. The van der Waals surface area contributed by atoms with E-state index < -0.39 is 0 Å². The quantitative estimate of drug-likeness (QED) is 0.792. The van der Waals surface area contributed by atoms with Gasteiger partial charge in [0, 0.05) is 22.7 Å². The highest BCUT2D eigenvalue weighted by Crippen LogP contribution is 2.30. The molecule has 0 aromatic carbocycles. The lowest BCUT2D eigenvalue weighted by atomic mass is 9.78. The smallest absolute Gasteiger partial charge is 0.267 e.